The predicted molar refractivity (Wildman–Crippen MR) is 230 cm³/mol. The Morgan fingerprint density at radius 2 is 1.80 bits per heavy atom. The fourth-order valence-electron chi connectivity index (χ4n) is 9.43. The van der Waals surface area contributed by atoms with Gasteiger partial charge in [0.05, 0.1) is 11.5 Å². The standard InChI is InChI=1S/C45H52FN6O7PS/c1-3-18-58-45(56)27(2)49-60(57,59-34-8-5-4-6-9-34)41(46)28-10-13-39-31(19-28)23-40(61-39)42(53)48-36-22-30-20-29(30)21-33-11-12-38(52(33)43(36)54)44(55)51-25-32(26-51)35-24-47-15-14-37(35)50-16-7-17-50/h4-6,8-10,13-15,19,23-24,27,29-30,32-33,36,38,41H,3,7,11-12,16-18,20-22,25-26H2,1-2H3,(H,48,53)(H,49,57)/t27-,29+,30-,33+,36-,38-,41?,60?/m0/s1. The average molecular weight is 871 g/mol. The van der Waals surface area contributed by atoms with Crippen LogP contribution in [0.25, 0.3) is 10.1 Å². The summed E-state index contributed by atoms with van der Waals surface area (Å²) in [5.74, 6) is -2.35. The Kier molecular flexibility index (Phi) is 11.7. The maximum absolute atomic E-state index is 16.6. The van der Waals surface area contributed by atoms with Crippen LogP contribution >= 0.6 is 18.9 Å². The second-order valence-electron chi connectivity index (χ2n) is 17.2. The molecule has 0 radical (unpaired) electrons. The molecule has 16 heteroatoms. The van der Waals surface area contributed by atoms with Crippen LogP contribution in [0, 0.1) is 11.8 Å². The lowest BCUT2D eigenvalue weighted by atomic mass is 9.89. The van der Waals surface area contributed by atoms with Gasteiger partial charge in [0.25, 0.3) is 5.91 Å². The summed E-state index contributed by atoms with van der Waals surface area (Å²) in [4.78, 5) is 66.0. The quantitative estimate of drug-likeness (QED) is 0.0985. The zero-order valence-corrected chi connectivity index (χ0v) is 36.1. The molecule has 2 aromatic carbocycles. The van der Waals surface area contributed by atoms with Crippen LogP contribution in [-0.2, 0) is 23.7 Å². The summed E-state index contributed by atoms with van der Waals surface area (Å²) in [5.41, 5.74) is 2.41. The summed E-state index contributed by atoms with van der Waals surface area (Å²) in [6, 6.07) is 14.0. The number of carbonyl (C=O) groups excluding carboxylic acids is 4. The number of likely N-dealkylation sites (tertiary alicyclic amines) is 1. The molecule has 1 saturated carbocycles. The molecule has 2 aromatic heterocycles. The Bertz CT molecular complexity index is 2360. The van der Waals surface area contributed by atoms with Crippen molar-refractivity contribution in [2.45, 2.75) is 94.8 Å². The van der Waals surface area contributed by atoms with Gasteiger partial charge in [0.1, 0.15) is 23.9 Å². The summed E-state index contributed by atoms with van der Waals surface area (Å²) < 4.78 is 42.6. The molecule has 4 saturated heterocycles. The number of ether oxygens (including phenoxy) is 1. The highest BCUT2D eigenvalue weighted by atomic mass is 32.1. The highest BCUT2D eigenvalue weighted by Gasteiger charge is 2.53. The van der Waals surface area contributed by atoms with E-state index in [-0.39, 0.29) is 41.7 Å². The molecule has 0 spiro atoms. The van der Waals surface area contributed by atoms with Gasteiger partial charge in [-0.2, -0.15) is 0 Å². The van der Waals surface area contributed by atoms with Crippen molar-refractivity contribution < 1.29 is 37.4 Å². The number of nitrogens with zero attached hydrogens (tertiary/aromatic N) is 4. The number of thiophene rings is 1. The number of para-hydroxylation sites is 1. The van der Waals surface area contributed by atoms with E-state index in [4.69, 9.17) is 9.26 Å². The summed E-state index contributed by atoms with van der Waals surface area (Å²) in [6.45, 7) is 6.71. The molecule has 4 aliphatic heterocycles. The Morgan fingerprint density at radius 3 is 2.56 bits per heavy atom. The van der Waals surface area contributed by atoms with Crippen molar-refractivity contribution in [3.63, 3.8) is 0 Å². The van der Waals surface area contributed by atoms with Gasteiger partial charge in [-0.1, -0.05) is 31.2 Å². The lowest BCUT2D eigenvalue weighted by Gasteiger charge is -2.45. The van der Waals surface area contributed by atoms with Crippen molar-refractivity contribution >= 4 is 58.3 Å². The molecular formula is C45H52FN6O7PS. The molecule has 8 atom stereocenters. The van der Waals surface area contributed by atoms with Crippen molar-refractivity contribution in [1.29, 1.82) is 0 Å². The Labute approximate surface area is 358 Å². The van der Waals surface area contributed by atoms with Crippen molar-refractivity contribution in [2.24, 2.45) is 11.8 Å². The van der Waals surface area contributed by atoms with E-state index in [1.165, 1.54) is 48.1 Å². The molecule has 322 valence electrons. The Balaban J connectivity index is 0.893. The number of alkyl halides is 1. The molecule has 5 fully saturated rings. The van der Waals surface area contributed by atoms with Crippen LogP contribution < -0.4 is 19.8 Å². The number of hydrogen-bond donors (Lipinski definition) is 2. The van der Waals surface area contributed by atoms with E-state index in [0.717, 1.165) is 32.4 Å². The number of pyridine rings is 1. The molecule has 61 heavy (non-hydrogen) atoms. The van der Waals surface area contributed by atoms with Crippen LogP contribution in [0.4, 0.5) is 10.1 Å². The van der Waals surface area contributed by atoms with Crippen LogP contribution in [-0.4, -0.2) is 95.4 Å². The van der Waals surface area contributed by atoms with Gasteiger partial charge in [0.15, 0.2) is 0 Å². The summed E-state index contributed by atoms with van der Waals surface area (Å²) in [5, 5.41) is 6.19. The van der Waals surface area contributed by atoms with E-state index in [2.05, 4.69) is 26.4 Å². The normalized spacial score (nSPS) is 25.5. The van der Waals surface area contributed by atoms with Gasteiger partial charge in [-0.3, -0.25) is 28.7 Å². The first kappa shape index (κ1) is 41.5. The smallest absolute Gasteiger partial charge is 0.355 e. The van der Waals surface area contributed by atoms with Crippen LogP contribution in [0.5, 0.6) is 5.75 Å². The summed E-state index contributed by atoms with van der Waals surface area (Å²) in [6.07, 6.45) is 9.28. The van der Waals surface area contributed by atoms with E-state index >= 15 is 4.39 Å². The number of halogens is 1. The van der Waals surface area contributed by atoms with Crippen LogP contribution in [0.2, 0.25) is 0 Å². The van der Waals surface area contributed by atoms with Gasteiger partial charge < -0.3 is 29.3 Å². The summed E-state index contributed by atoms with van der Waals surface area (Å²) in [7, 11) is -4.44. The number of amides is 3. The number of esters is 1. The first-order valence-electron chi connectivity index (χ1n) is 21.6. The topological polar surface area (TPSA) is 150 Å². The van der Waals surface area contributed by atoms with Crippen LogP contribution in [0.3, 0.4) is 0 Å². The Hall–Kier alpha value is -4.85. The second kappa shape index (κ2) is 17.1. The highest BCUT2D eigenvalue weighted by Crippen LogP contribution is 2.58. The van der Waals surface area contributed by atoms with Gasteiger partial charge in [0.2, 0.25) is 17.7 Å². The van der Waals surface area contributed by atoms with Crippen molar-refractivity contribution in [1.82, 2.24) is 25.2 Å². The van der Waals surface area contributed by atoms with E-state index in [0.29, 0.717) is 59.2 Å². The first-order valence-corrected chi connectivity index (χ1v) is 24.1. The third kappa shape index (κ3) is 8.40. The van der Waals surface area contributed by atoms with E-state index in [1.807, 2.05) is 24.2 Å². The second-order valence-corrected chi connectivity index (χ2v) is 20.4. The zero-order valence-electron chi connectivity index (χ0n) is 34.4. The molecule has 4 aromatic rings. The lowest BCUT2D eigenvalue weighted by molar-refractivity contribution is -0.149. The number of fused-ring (bicyclic) bond motifs is 3. The molecule has 2 unspecified atom stereocenters. The fourth-order valence-corrected chi connectivity index (χ4v) is 12.3. The van der Waals surface area contributed by atoms with Crippen molar-refractivity contribution in [3.05, 3.63) is 89.1 Å². The van der Waals surface area contributed by atoms with Gasteiger partial charge in [0, 0.05) is 66.5 Å². The van der Waals surface area contributed by atoms with E-state index in [9.17, 15) is 23.7 Å². The van der Waals surface area contributed by atoms with Gasteiger partial charge in [-0.25, -0.2) is 9.48 Å². The predicted octanol–water partition coefficient (Wildman–Crippen LogP) is 7.19. The minimum absolute atomic E-state index is 0.0224. The van der Waals surface area contributed by atoms with Crippen LogP contribution in [0.15, 0.2) is 73.1 Å². The van der Waals surface area contributed by atoms with E-state index < -0.39 is 43.4 Å². The molecule has 1 aliphatic carbocycles. The van der Waals surface area contributed by atoms with Crippen molar-refractivity contribution in [3.8, 4) is 5.75 Å². The lowest BCUT2D eigenvalue weighted by Crippen LogP contribution is -2.59. The zero-order chi connectivity index (χ0) is 42.4. The minimum Gasteiger partial charge on any atom is -0.465 e. The Morgan fingerprint density at radius 1 is 1.02 bits per heavy atom. The molecule has 13 nitrogen and oxygen atoms in total. The third-order valence-electron chi connectivity index (χ3n) is 13.0. The molecule has 2 N–H and O–H groups in total. The van der Waals surface area contributed by atoms with Gasteiger partial charge in [-0.05, 0) is 111 Å². The number of nitrogens with one attached hydrogen (secondary N) is 2. The number of aromatic nitrogens is 1. The van der Waals surface area contributed by atoms with Crippen LogP contribution in [0.1, 0.15) is 91.4 Å². The molecular weight excluding hydrogens is 819 g/mol. The average Bonchev–Trinajstić information content (AvgIpc) is 3.56. The minimum atomic E-state index is -4.44. The SMILES string of the molecule is CCCOC(=O)[C@H](C)NP(=O)(Oc1ccccc1)C(F)c1ccc2sc(C(=O)N[C@H]3C[C@@H]4C[C@@H]4C[C@H]4CC[C@@H](C(=O)N5CC(c6cnccc6N6CCC6)C5)N4C3=O)cc2c1. The summed E-state index contributed by atoms with van der Waals surface area (Å²) >= 11 is 1.21. The maximum atomic E-state index is 16.6. The number of hydrogen-bond acceptors (Lipinski definition) is 10. The number of anilines is 1. The monoisotopic (exact) mass is 870 g/mol. The third-order valence-corrected chi connectivity index (χ3v) is 16.2. The first-order chi connectivity index (χ1) is 29.5. The largest absolute Gasteiger partial charge is 0.465 e. The van der Waals surface area contributed by atoms with Crippen molar-refractivity contribution in [2.75, 3.05) is 37.7 Å². The molecule has 3 amide bonds. The molecule has 6 heterocycles. The van der Waals surface area contributed by atoms with Gasteiger partial charge in [-0.15, -0.1) is 11.3 Å². The van der Waals surface area contributed by atoms with E-state index in [1.54, 1.807) is 47.4 Å². The number of benzene rings is 2. The highest BCUT2D eigenvalue weighted by molar-refractivity contribution is 7.57. The molecule has 0 bridgehead atoms. The number of carbonyl (C=O) groups is 4. The number of rotatable bonds is 14. The maximum Gasteiger partial charge on any atom is 0.355 e. The molecule has 5 aliphatic rings. The van der Waals surface area contributed by atoms with Gasteiger partial charge >= 0.3 is 13.5 Å². The fraction of sp³-hybridized carbons (Fsp3) is 0.489. The molecule has 9 rings (SSSR count).